The van der Waals surface area contributed by atoms with E-state index in [-0.39, 0.29) is 17.0 Å². The number of methoxy groups -OCH3 is 1. The maximum atomic E-state index is 11.2. The van der Waals surface area contributed by atoms with E-state index in [1.165, 1.54) is 39.3 Å². The second kappa shape index (κ2) is 10.0. The summed E-state index contributed by atoms with van der Waals surface area (Å²) >= 11 is 1.68. The quantitative estimate of drug-likeness (QED) is 0.476. The van der Waals surface area contributed by atoms with Gasteiger partial charge in [-0.05, 0) is 72.2 Å². The lowest BCUT2D eigenvalue weighted by molar-refractivity contribution is -0.137. The van der Waals surface area contributed by atoms with Crippen molar-refractivity contribution in [2.75, 3.05) is 31.7 Å². The van der Waals surface area contributed by atoms with Crippen molar-refractivity contribution in [3.63, 3.8) is 0 Å². The van der Waals surface area contributed by atoms with Crippen molar-refractivity contribution < 1.29 is 9.53 Å². The lowest BCUT2D eigenvalue weighted by atomic mass is 9.79. The Morgan fingerprint density at radius 3 is 2.29 bits per heavy atom. The van der Waals surface area contributed by atoms with Gasteiger partial charge >= 0.3 is 5.97 Å². The minimum Gasteiger partial charge on any atom is -0.468 e. The molecule has 0 aliphatic carbocycles. The van der Waals surface area contributed by atoms with Crippen molar-refractivity contribution in [2.45, 2.75) is 83.8 Å². The molecule has 4 nitrogen and oxygen atoms in total. The third-order valence-electron chi connectivity index (χ3n) is 4.67. The number of unbranched alkanes of at least 4 members (excludes halogenated alkanes) is 1. The Morgan fingerprint density at radius 1 is 1.17 bits per heavy atom. The Labute approximate surface area is 153 Å². The Bertz CT molecular complexity index is 370. The van der Waals surface area contributed by atoms with E-state index in [2.05, 4.69) is 44.8 Å². The van der Waals surface area contributed by atoms with Crippen molar-refractivity contribution in [3.8, 4) is 0 Å². The molecule has 0 aromatic carbocycles. The summed E-state index contributed by atoms with van der Waals surface area (Å²) < 4.78 is 4.69. The molecule has 142 valence electrons. The van der Waals surface area contributed by atoms with Crippen LogP contribution in [0, 0.1) is 0 Å². The third kappa shape index (κ3) is 8.21. The molecule has 0 unspecified atom stereocenters. The maximum Gasteiger partial charge on any atom is 0.315 e. The molecule has 0 spiro atoms. The summed E-state index contributed by atoms with van der Waals surface area (Å²) in [5.41, 5.74) is 0.382. The van der Waals surface area contributed by atoms with Gasteiger partial charge in [-0.25, -0.2) is 0 Å². The molecule has 0 atom stereocenters. The smallest absolute Gasteiger partial charge is 0.315 e. The topological polar surface area (TPSA) is 41.6 Å². The van der Waals surface area contributed by atoms with Crippen molar-refractivity contribution >= 4 is 17.7 Å². The zero-order chi connectivity index (χ0) is 18.2. The van der Waals surface area contributed by atoms with Gasteiger partial charge in [0.2, 0.25) is 0 Å². The molecule has 1 aliphatic rings. The number of nitrogens with one attached hydrogen (secondary N) is 1. The van der Waals surface area contributed by atoms with Gasteiger partial charge in [0.15, 0.2) is 0 Å². The number of carbonyl (C=O) groups is 1. The van der Waals surface area contributed by atoms with Gasteiger partial charge in [-0.2, -0.15) is 11.8 Å². The van der Waals surface area contributed by atoms with Crippen molar-refractivity contribution in [3.05, 3.63) is 0 Å². The van der Waals surface area contributed by atoms with Crippen molar-refractivity contribution in [1.29, 1.82) is 0 Å². The number of nitrogens with zero attached hydrogens (tertiary/aromatic N) is 1. The molecule has 0 radical (unpaired) electrons. The highest BCUT2D eigenvalue weighted by atomic mass is 32.2. The fourth-order valence-electron chi connectivity index (χ4n) is 3.95. The molecule has 1 saturated heterocycles. The lowest BCUT2D eigenvalue weighted by Crippen LogP contribution is -2.62. The van der Waals surface area contributed by atoms with Crippen LogP contribution >= 0.6 is 11.8 Å². The van der Waals surface area contributed by atoms with Crippen LogP contribution in [0.25, 0.3) is 0 Å². The monoisotopic (exact) mass is 358 g/mol. The number of esters is 1. The van der Waals surface area contributed by atoms with Crippen LogP contribution in [0.2, 0.25) is 0 Å². The van der Waals surface area contributed by atoms with Gasteiger partial charge in [0.1, 0.15) is 0 Å². The molecule has 0 aromatic rings. The average Bonchev–Trinajstić information content (AvgIpc) is 2.46. The molecular formula is C19H38N2O2S. The summed E-state index contributed by atoms with van der Waals surface area (Å²) in [5.74, 6) is 1.37. The van der Waals surface area contributed by atoms with Crippen LogP contribution in [0.5, 0.6) is 0 Å². The molecule has 5 heteroatoms. The minimum absolute atomic E-state index is 0.121. The van der Waals surface area contributed by atoms with Crippen LogP contribution in [0.15, 0.2) is 0 Å². The largest absolute Gasteiger partial charge is 0.468 e. The first kappa shape index (κ1) is 21.8. The zero-order valence-corrected chi connectivity index (χ0v) is 17.4. The molecule has 1 N–H and O–H groups in total. The molecule has 1 aliphatic heterocycles. The minimum atomic E-state index is -0.121. The third-order valence-corrected chi connectivity index (χ3v) is 5.68. The van der Waals surface area contributed by atoms with Crippen LogP contribution in [0.1, 0.15) is 66.7 Å². The van der Waals surface area contributed by atoms with Gasteiger partial charge in [-0.15, -0.1) is 0 Å². The van der Waals surface area contributed by atoms with Crippen LogP contribution in [0.4, 0.5) is 0 Å². The second-order valence-electron chi connectivity index (χ2n) is 8.33. The normalized spacial score (nSPS) is 20.3. The average molecular weight is 359 g/mol. The van der Waals surface area contributed by atoms with Gasteiger partial charge in [0.25, 0.3) is 0 Å². The molecule has 0 bridgehead atoms. The standard InChI is InChI=1S/C19H38N2O2S/c1-7-8-10-21(11-9-12-24-15-17(22)23-6)16-13-18(2,3)20-19(4,5)14-16/h16,20H,7-15H2,1-6H3. The number of piperidine rings is 1. The van der Waals surface area contributed by atoms with Crippen molar-refractivity contribution in [2.24, 2.45) is 0 Å². The summed E-state index contributed by atoms with van der Waals surface area (Å²) in [6.45, 7) is 13.9. The van der Waals surface area contributed by atoms with E-state index in [1.54, 1.807) is 11.8 Å². The molecule has 0 aromatic heterocycles. The summed E-state index contributed by atoms with van der Waals surface area (Å²) in [4.78, 5) is 13.9. The first-order chi connectivity index (χ1) is 11.2. The Balaban J connectivity index is 2.52. The summed E-state index contributed by atoms with van der Waals surface area (Å²) in [7, 11) is 1.45. The summed E-state index contributed by atoms with van der Waals surface area (Å²) in [6, 6.07) is 0.647. The highest BCUT2D eigenvalue weighted by Crippen LogP contribution is 2.31. The van der Waals surface area contributed by atoms with Crippen LogP contribution in [0.3, 0.4) is 0 Å². The first-order valence-corrected chi connectivity index (χ1v) is 10.5. The SMILES string of the molecule is CCCCN(CCCSCC(=O)OC)C1CC(C)(C)NC(C)(C)C1. The van der Waals surface area contributed by atoms with Gasteiger partial charge in [0.05, 0.1) is 12.9 Å². The van der Waals surface area contributed by atoms with Crippen LogP contribution in [-0.2, 0) is 9.53 Å². The number of ether oxygens (including phenoxy) is 1. The Morgan fingerprint density at radius 2 is 1.75 bits per heavy atom. The Hall–Kier alpha value is -0.260. The van der Waals surface area contributed by atoms with E-state index in [1.807, 2.05) is 0 Å². The first-order valence-electron chi connectivity index (χ1n) is 9.37. The predicted molar refractivity (Wildman–Crippen MR) is 105 cm³/mol. The Kier molecular flexibility index (Phi) is 9.10. The van der Waals surface area contributed by atoms with E-state index < -0.39 is 0 Å². The van der Waals surface area contributed by atoms with E-state index in [9.17, 15) is 4.79 Å². The lowest BCUT2D eigenvalue weighted by Gasteiger charge is -2.50. The molecular weight excluding hydrogens is 320 g/mol. The number of thioether (sulfide) groups is 1. The molecule has 0 saturated carbocycles. The molecule has 0 amide bonds. The maximum absolute atomic E-state index is 11.2. The van der Waals surface area contributed by atoms with E-state index >= 15 is 0 Å². The fraction of sp³-hybridized carbons (Fsp3) is 0.947. The number of carbonyl (C=O) groups excluding carboxylic acids is 1. The van der Waals surface area contributed by atoms with Gasteiger partial charge < -0.3 is 15.0 Å². The van der Waals surface area contributed by atoms with E-state index in [0.29, 0.717) is 11.8 Å². The predicted octanol–water partition coefficient (Wildman–Crippen LogP) is 3.69. The summed E-state index contributed by atoms with van der Waals surface area (Å²) in [6.07, 6.45) is 6.05. The summed E-state index contributed by atoms with van der Waals surface area (Å²) in [5, 5.41) is 3.79. The molecule has 1 fully saturated rings. The fourth-order valence-corrected chi connectivity index (χ4v) is 4.71. The number of hydrogen-bond acceptors (Lipinski definition) is 5. The highest BCUT2D eigenvalue weighted by molar-refractivity contribution is 7.99. The van der Waals surface area contributed by atoms with Crippen LogP contribution < -0.4 is 5.32 Å². The van der Waals surface area contributed by atoms with Gasteiger partial charge in [-0.3, -0.25) is 4.79 Å². The second-order valence-corrected chi connectivity index (χ2v) is 9.43. The van der Waals surface area contributed by atoms with E-state index in [4.69, 9.17) is 4.74 Å². The highest BCUT2D eigenvalue weighted by Gasteiger charge is 2.39. The van der Waals surface area contributed by atoms with E-state index in [0.717, 1.165) is 18.7 Å². The van der Waals surface area contributed by atoms with Gasteiger partial charge in [-0.1, -0.05) is 13.3 Å². The van der Waals surface area contributed by atoms with Gasteiger partial charge in [0, 0.05) is 17.1 Å². The van der Waals surface area contributed by atoms with Crippen LogP contribution in [-0.4, -0.2) is 59.7 Å². The number of hydrogen-bond donors (Lipinski definition) is 1. The molecule has 1 rings (SSSR count). The van der Waals surface area contributed by atoms with Crippen molar-refractivity contribution in [1.82, 2.24) is 10.2 Å². The zero-order valence-electron chi connectivity index (χ0n) is 16.6. The molecule has 24 heavy (non-hydrogen) atoms. The number of rotatable bonds is 10. The molecule has 1 heterocycles.